The summed E-state index contributed by atoms with van der Waals surface area (Å²) in [5.41, 5.74) is -0.997. The van der Waals surface area contributed by atoms with Crippen molar-refractivity contribution in [1.29, 1.82) is 0 Å². The van der Waals surface area contributed by atoms with Gasteiger partial charge >= 0.3 is 6.18 Å². The second-order valence-electron chi connectivity index (χ2n) is 8.27. The lowest BCUT2D eigenvalue weighted by Gasteiger charge is -2.37. The summed E-state index contributed by atoms with van der Waals surface area (Å²) in [7, 11) is -4.05. The van der Waals surface area contributed by atoms with E-state index in [4.69, 9.17) is 0 Å². The molecule has 2 fully saturated rings. The molecule has 11 heteroatoms. The first kappa shape index (κ1) is 22.8. The van der Waals surface area contributed by atoms with Crippen LogP contribution in [0.3, 0.4) is 0 Å². The molecule has 1 aromatic heterocycles. The maximum atomic E-state index is 13.0. The molecule has 0 spiro atoms. The van der Waals surface area contributed by atoms with Gasteiger partial charge in [-0.15, -0.1) is 0 Å². The number of nitrogens with zero attached hydrogens (tertiary/aromatic N) is 4. The first-order chi connectivity index (χ1) is 15.2. The van der Waals surface area contributed by atoms with E-state index in [-0.39, 0.29) is 29.8 Å². The lowest BCUT2D eigenvalue weighted by atomic mass is 9.95. The molecule has 0 N–H and O–H groups in total. The monoisotopic (exact) mass is 470 g/mol. The lowest BCUT2D eigenvalue weighted by Crippen LogP contribution is -2.46. The van der Waals surface area contributed by atoms with Crippen molar-refractivity contribution in [3.05, 3.63) is 48.5 Å². The number of alkyl halides is 3. The van der Waals surface area contributed by atoms with E-state index in [9.17, 15) is 26.4 Å². The number of rotatable bonds is 4. The third kappa shape index (κ3) is 4.68. The van der Waals surface area contributed by atoms with Crippen molar-refractivity contribution in [3.8, 4) is 0 Å². The normalized spacial score (nSPS) is 19.9. The van der Waals surface area contributed by atoms with Gasteiger partial charge < -0.3 is 9.47 Å². The summed E-state index contributed by atoms with van der Waals surface area (Å²) < 4.78 is 67.8. The quantitative estimate of drug-likeness (QED) is 0.688. The predicted octanol–water partition coefficient (Wildman–Crippen LogP) is 3.17. The molecule has 0 atom stereocenters. The Morgan fingerprint density at radius 2 is 1.72 bits per heavy atom. The first-order valence-corrected chi connectivity index (χ1v) is 12.0. The van der Waals surface area contributed by atoms with Gasteiger partial charge in [-0.25, -0.2) is 13.4 Å². The first-order valence-electron chi connectivity index (χ1n) is 10.6. The predicted molar refractivity (Wildman–Crippen MR) is 110 cm³/mol. The van der Waals surface area contributed by atoms with E-state index in [1.807, 2.05) is 11.1 Å². The Morgan fingerprint density at radius 3 is 2.31 bits per heavy atom. The third-order valence-corrected chi connectivity index (χ3v) is 8.22. The molecule has 4 rings (SSSR count). The minimum atomic E-state index is -4.61. The maximum Gasteiger partial charge on any atom is 0.416 e. The second-order valence-corrected chi connectivity index (χ2v) is 10.2. The number of halogens is 3. The number of aromatic nitrogens is 2. The van der Waals surface area contributed by atoms with E-state index < -0.39 is 21.8 Å². The Bertz CT molecular complexity index is 1040. The molecule has 0 unspecified atom stereocenters. The largest absolute Gasteiger partial charge is 0.416 e. The Balaban J connectivity index is 1.34. The standard InChI is InChI=1S/C21H25F3N4O3S/c22-21(23,24)17-2-1-3-19(14-17)32(30,31)28-11-4-16(5-12-28)20(29)26-9-6-18(7-10-26)27-13-8-25-15-27/h1-3,8,13-16,18H,4-7,9-12H2. The number of sulfonamides is 1. The van der Waals surface area contributed by atoms with E-state index in [0.29, 0.717) is 38.0 Å². The van der Waals surface area contributed by atoms with Gasteiger partial charge in [0.2, 0.25) is 15.9 Å². The Kier molecular flexibility index (Phi) is 6.30. The number of hydrogen-bond acceptors (Lipinski definition) is 4. The highest BCUT2D eigenvalue weighted by Gasteiger charge is 2.36. The number of imidazole rings is 1. The van der Waals surface area contributed by atoms with Crippen LogP contribution in [0.1, 0.15) is 37.3 Å². The smallest absolute Gasteiger partial charge is 0.342 e. The second kappa shape index (κ2) is 8.86. The van der Waals surface area contributed by atoms with Crippen LogP contribution < -0.4 is 0 Å². The Hall–Kier alpha value is -2.40. The fraction of sp³-hybridized carbons (Fsp3) is 0.524. The SMILES string of the molecule is O=C(C1CCN(S(=O)(=O)c2cccc(C(F)(F)F)c2)CC1)N1CCC(n2ccnc2)CC1. The number of benzene rings is 1. The van der Waals surface area contributed by atoms with Crippen molar-refractivity contribution >= 4 is 15.9 Å². The van der Waals surface area contributed by atoms with Gasteiger partial charge in [0.1, 0.15) is 0 Å². The third-order valence-electron chi connectivity index (χ3n) is 6.32. The van der Waals surface area contributed by atoms with Gasteiger partial charge in [0.05, 0.1) is 16.8 Å². The summed E-state index contributed by atoms with van der Waals surface area (Å²) in [4.78, 5) is 18.5. The van der Waals surface area contributed by atoms with E-state index >= 15 is 0 Å². The van der Waals surface area contributed by atoms with Crippen LogP contribution in [0, 0.1) is 5.92 Å². The number of likely N-dealkylation sites (tertiary alicyclic amines) is 1. The minimum absolute atomic E-state index is 0.0326. The number of piperidine rings is 2. The summed E-state index contributed by atoms with van der Waals surface area (Å²) in [6.07, 6.45) is 3.22. The number of carbonyl (C=O) groups excluding carboxylic acids is 1. The van der Waals surface area contributed by atoms with Crippen molar-refractivity contribution in [1.82, 2.24) is 18.8 Å². The summed E-state index contributed by atoms with van der Waals surface area (Å²) >= 11 is 0. The number of carbonyl (C=O) groups is 1. The molecule has 2 aliphatic rings. The van der Waals surface area contributed by atoms with Crippen LogP contribution in [0.2, 0.25) is 0 Å². The molecule has 0 aliphatic carbocycles. The van der Waals surface area contributed by atoms with E-state index in [1.54, 1.807) is 12.5 Å². The molecule has 1 amide bonds. The summed E-state index contributed by atoms with van der Waals surface area (Å²) in [6.45, 7) is 1.51. The molecule has 3 heterocycles. The molecule has 32 heavy (non-hydrogen) atoms. The van der Waals surface area contributed by atoms with Gasteiger partial charge in [-0.2, -0.15) is 17.5 Å². The summed E-state index contributed by atoms with van der Waals surface area (Å²) in [5, 5.41) is 0. The molecule has 1 aromatic carbocycles. The van der Waals surface area contributed by atoms with Crippen LogP contribution in [0.5, 0.6) is 0 Å². The fourth-order valence-electron chi connectivity index (χ4n) is 4.45. The summed E-state index contributed by atoms with van der Waals surface area (Å²) in [6, 6.07) is 4.10. The molecule has 0 saturated carbocycles. The van der Waals surface area contributed by atoms with Crippen molar-refractivity contribution < 1.29 is 26.4 Å². The summed E-state index contributed by atoms with van der Waals surface area (Å²) in [5.74, 6) is -0.238. The lowest BCUT2D eigenvalue weighted by molar-refractivity contribution is -0.138. The van der Waals surface area contributed by atoms with Gasteiger partial charge in [0, 0.05) is 50.5 Å². The van der Waals surface area contributed by atoms with Crippen LogP contribution >= 0.6 is 0 Å². The molecule has 2 saturated heterocycles. The maximum absolute atomic E-state index is 13.0. The van der Waals surface area contributed by atoms with E-state index in [1.165, 1.54) is 10.4 Å². The topological polar surface area (TPSA) is 75.5 Å². The zero-order valence-corrected chi connectivity index (χ0v) is 18.2. The van der Waals surface area contributed by atoms with Crippen LogP contribution in [-0.2, 0) is 21.0 Å². The average Bonchev–Trinajstić information content (AvgIpc) is 3.33. The van der Waals surface area contributed by atoms with Gasteiger partial charge in [-0.05, 0) is 43.9 Å². The highest BCUT2D eigenvalue weighted by Crippen LogP contribution is 2.32. The Morgan fingerprint density at radius 1 is 1.03 bits per heavy atom. The molecule has 174 valence electrons. The highest BCUT2D eigenvalue weighted by atomic mass is 32.2. The van der Waals surface area contributed by atoms with E-state index in [0.717, 1.165) is 25.0 Å². The van der Waals surface area contributed by atoms with Crippen LogP contribution in [0.4, 0.5) is 13.2 Å². The Labute approximate surface area is 184 Å². The van der Waals surface area contributed by atoms with E-state index in [2.05, 4.69) is 9.55 Å². The van der Waals surface area contributed by atoms with Crippen LogP contribution in [0.15, 0.2) is 47.9 Å². The number of hydrogen-bond donors (Lipinski definition) is 0. The van der Waals surface area contributed by atoms with Crippen LogP contribution in [-0.4, -0.2) is 59.3 Å². The van der Waals surface area contributed by atoms with Crippen LogP contribution in [0.25, 0.3) is 0 Å². The molecule has 0 radical (unpaired) electrons. The van der Waals surface area contributed by atoms with Gasteiger partial charge in [-0.1, -0.05) is 6.07 Å². The zero-order valence-electron chi connectivity index (χ0n) is 17.4. The van der Waals surface area contributed by atoms with Gasteiger partial charge in [-0.3, -0.25) is 4.79 Å². The van der Waals surface area contributed by atoms with Crippen molar-refractivity contribution in [2.24, 2.45) is 5.92 Å². The zero-order chi connectivity index (χ0) is 22.9. The van der Waals surface area contributed by atoms with Crippen molar-refractivity contribution in [2.75, 3.05) is 26.2 Å². The molecule has 2 aliphatic heterocycles. The van der Waals surface area contributed by atoms with Gasteiger partial charge in [0.15, 0.2) is 0 Å². The molecule has 0 bridgehead atoms. The highest BCUT2D eigenvalue weighted by molar-refractivity contribution is 7.89. The minimum Gasteiger partial charge on any atom is -0.342 e. The van der Waals surface area contributed by atoms with Crippen molar-refractivity contribution in [3.63, 3.8) is 0 Å². The average molecular weight is 471 g/mol. The van der Waals surface area contributed by atoms with Crippen molar-refractivity contribution in [2.45, 2.75) is 42.8 Å². The molecular weight excluding hydrogens is 445 g/mol. The number of amides is 1. The fourth-order valence-corrected chi connectivity index (χ4v) is 5.97. The molecular formula is C21H25F3N4O3S. The van der Waals surface area contributed by atoms with Gasteiger partial charge in [0.25, 0.3) is 0 Å². The molecule has 7 nitrogen and oxygen atoms in total. The molecule has 2 aromatic rings.